The van der Waals surface area contributed by atoms with Crippen LogP contribution in [-0.4, -0.2) is 11.6 Å². The predicted molar refractivity (Wildman–Crippen MR) is 87.7 cm³/mol. The Balaban J connectivity index is 2.11. The molecule has 0 atom stereocenters. The molecule has 0 radical (unpaired) electrons. The highest BCUT2D eigenvalue weighted by Gasteiger charge is 2.27. The third-order valence-electron chi connectivity index (χ3n) is 4.07. The summed E-state index contributed by atoms with van der Waals surface area (Å²) >= 11 is 0. The van der Waals surface area contributed by atoms with Crippen LogP contribution in [0.3, 0.4) is 0 Å². The van der Waals surface area contributed by atoms with Gasteiger partial charge in [-0.25, -0.2) is 0 Å². The van der Waals surface area contributed by atoms with Gasteiger partial charge in [-0.1, -0.05) is 60.2 Å². The summed E-state index contributed by atoms with van der Waals surface area (Å²) in [5, 5.41) is 0. The van der Waals surface area contributed by atoms with Gasteiger partial charge < -0.3 is 0 Å². The van der Waals surface area contributed by atoms with Gasteiger partial charge in [0.25, 0.3) is 0 Å². The highest BCUT2D eigenvalue weighted by Crippen LogP contribution is 2.32. The third-order valence-corrected chi connectivity index (χ3v) is 4.07. The van der Waals surface area contributed by atoms with Gasteiger partial charge in [-0.15, -0.1) is 0 Å². The van der Waals surface area contributed by atoms with Gasteiger partial charge in [0.2, 0.25) is 0 Å². The van der Waals surface area contributed by atoms with Crippen molar-refractivity contribution < 1.29 is 9.59 Å². The Morgan fingerprint density at radius 1 is 0.909 bits per heavy atom. The minimum absolute atomic E-state index is 0.0318. The molecule has 2 aromatic carbocycles. The van der Waals surface area contributed by atoms with Gasteiger partial charge in [-0.3, -0.25) is 9.59 Å². The van der Waals surface area contributed by atoms with Crippen LogP contribution in [0.1, 0.15) is 40.7 Å². The van der Waals surface area contributed by atoms with E-state index in [2.05, 4.69) is 0 Å². The fourth-order valence-electron chi connectivity index (χ4n) is 2.88. The number of rotatable bonds is 3. The van der Waals surface area contributed by atoms with E-state index < -0.39 is 0 Å². The third kappa shape index (κ3) is 2.77. The van der Waals surface area contributed by atoms with Gasteiger partial charge in [0.1, 0.15) is 0 Å². The van der Waals surface area contributed by atoms with E-state index in [1.807, 2.05) is 49.4 Å². The van der Waals surface area contributed by atoms with E-state index in [9.17, 15) is 9.59 Å². The number of allylic oxidation sites excluding steroid dienone is 2. The summed E-state index contributed by atoms with van der Waals surface area (Å²) < 4.78 is 0. The number of carbonyl (C=O) groups is 2. The highest BCUT2D eigenvalue weighted by molar-refractivity contribution is 6.31. The zero-order valence-corrected chi connectivity index (χ0v) is 12.6. The molecule has 0 N–H and O–H groups in total. The van der Waals surface area contributed by atoms with Crippen molar-refractivity contribution >= 4 is 17.1 Å². The Bertz CT molecular complexity index is 737. The molecule has 2 heteroatoms. The molecule has 22 heavy (non-hydrogen) atoms. The molecule has 0 spiro atoms. The van der Waals surface area contributed by atoms with Gasteiger partial charge in [0, 0.05) is 12.0 Å². The van der Waals surface area contributed by atoms with Crippen molar-refractivity contribution in [2.75, 3.05) is 0 Å². The molecule has 1 aliphatic carbocycles. The molecule has 0 aliphatic heterocycles. The van der Waals surface area contributed by atoms with Gasteiger partial charge in [0.05, 0.1) is 5.57 Å². The van der Waals surface area contributed by atoms with Gasteiger partial charge in [-0.2, -0.15) is 0 Å². The second kappa shape index (κ2) is 6.10. The first-order valence-corrected chi connectivity index (χ1v) is 7.60. The summed E-state index contributed by atoms with van der Waals surface area (Å²) in [5.74, 6) is -0.184. The van der Waals surface area contributed by atoms with Crippen molar-refractivity contribution in [2.24, 2.45) is 0 Å². The molecule has 1 aliphatic rings. The lowest BCUT2D eigenvalue weighted by molar-refractivity contribution is -0.115. The summed E-state index contributed by atoms with van der Waals surface area (Å²) in [4.78, 5) is 25.2. The number of aryl methyl sites for hydroxylation is 1. The van der Waals surface area contributed by atoms with E-state index >= 15 is 0 Å². The summed E-state index contributed by atoms with van der Waals surface area (Å²) in [7, 11) is 0. The lowest BCUT2D eigenvalue weighted by atomic mass is 9.83. The lowest BCUT2D eigenvalue weighted by Crippen LogP contribution is -2.19. The first kappa shape index (κ1) is 14.5. The molecule has 3 rings (SSSR count). The second-order valence-corrected chi connectivity index (χ2v) is 5.69. The van der Waals surface area contributed by atoms with Crippen molar-refractivity contribution in [3.05, 3.63) is 76.9 Å². The minimum Gasteiger partial charge on any atom is -0.294 e. The number of benzene rings is 2. The maximum Gasteiger partial charge on any atom is 0.196 e. The van der Waals surface area contributed by atoms with Crippen LogP contribution < -0.4 is 0 Å². The van der Waals surface area contributed by atoms with Crippen molar-refractivity contribution in [2.45, 2.75) is 26.2 Å². The largest absolute Gasteiger partial charge is 0.294 e. The molecule has 0 saturated carbocycles. The van der Waals surface area contributed by atoms with Crippen LogP contribution in [-0.2, 0) is 4.79 Å². The Kier molecular flexibility index (Phi) is 4.01. The molecule has 0 heterocycles. The number of ketones is 2. The van der Waals surface area contributed by atoms with Crippen molar-refractivity contribution in [3.63, 3.8) is 0 Å². The lowest BCUT2D eigenvalue weighted by Gasteiger charge is -2.19. The van der Waals surface area contributed by atoms with E-state index in [-0.39, 0.29) is 11.6 Å². The smallest absolute Gasteiger partial charge is 0.196 e. The summed E-state index contributed by atoms with van der Waals surface area (Å²) in [6.45, 7) is 2.03. The SMILES string of the molecule is Cc1ccc(C2=C(C(=O)c3ccccc3)C(=O)CCC2)cc1. The fraction of sp³-hybridized carbons (Fsp3) is 0.200. The Morgan fingerprint density at radius 3 is 2.27 bits per heavy atom. The summed E-state index contributed by atoms with van der Waals surface area (Å²) in [6, 6.07) is 17.1. The van der Waals surface area contributed by atoms with E-state index in [0.29, 0.717) is 17.6 Å². The number of carbonyl (C=O) groups excluding carboxylic acids is 2. The molecule has 0 aromatic heterocycles. The number of Topliss-reactive ketones (excluding diaryl/α,β-unsaturated/α-hetero) is 2. The van der Waals surface area contributed by atoms with Crippen LogP contribution >= 0.6 is 0 Å². The van der Waals surface area contributed by atoms with Crippen LogP contribution in [0.4, 0.5) is 0 Å². The van der Waals surface area contributed by atoms with Crippen LogP contribution in [0.15, 0.2) is 60.2 Å². The molecule has 2 nitrogen and oxygen atoms in total. The molecular formula is C20H18O2. The van der Waals surface area contributed by atoms with Gasteiger partial charge >= 0.3 is 0 Å². The summed E-state index contributed by atoms with van der Waals surface area (Å²) in [5.41, 5.74) is 4.00. The Hall–Kier alpha value is -2.48. The molecule has 0 saturated heterocycles. The van der Waals surface area contributed by atoms with E-state index in [0.717, 1.165) is 24.0 Å². The van der Waals surface area contributed by atoms with Crippen molar-refractivity contribution in [3.8, 4) is 0 Å². The van der Waals surface area contributed by atoms with E-state index in [1.54, 1.807) is 12.1 Å². The molecule has 2 aromatic rings. The number of hydrogen-bond acceptors (Lipinski definition) is 2. The number of hydrogen-bond donors (Lipinski definition) is 0. The topological polar surface area (TPSA) is 34.1 Å². The normalized spacial score (nSPS) is 15.0. The second-order valence-electron chi connectivity index (χ2n) is 5.69. The highest BCUT2D eigenvalue weighted by atomic mass is 16.1. The molecule has 0 fully saturated rings. The Labute approximate surface area is 130 Å². The zero-order chi connectivity index (χ0) is 15.5. The average Bonchev–Trinajstić information content (AvgIpc) is 2.55. The standard InChI is InChI=1S/C20H18O2/c1-14-10-12-15(13-11-14)17-8-5-9-18(21)19(17)20(22)16-6-3-2-4-7-16/h2-4,6-7,10-13H,5,8-9H2,1H3. The van der Waals surface area contributed by atoms with Crippen LogP contribution in [0.2, 0.25) is 0 Å². The zero-order valence-electron chi connectivity index (χ0n) is 12.6. The van der Waals surface area contributed by atoms with Crippen molar-refractivity contribution in [1.29, 1.82) is 0 Å². The first-order valence-electron chi connectivity index (χ1n) is 7.60. The molecule has 110 valence electrons. The van der Waals surface area contributed by atoms with Gasteiger partial charge in [-0.05, 0) is 30.9 Å². The maximum absolute atomic E-state index is 12.8. The molecule has 0 bridgehead atoms. The Morgan fingerprint density at radius 2 is 1.59 bits per heavy atom. The van der Waals surface area contributed by atoms with Crippen LogP contribution in [0.5, 0.6) is 0 Å². The summed E-state index contributed by atoms with van der Waals surface area (Å²) in [6.07, 6.45) is 2.06. The minimum atomic E-state index is -0.152. The van der Waals surface area contributed by atoms with Crippen LogP contribution in [0, 0.1) is 6.92 Å². The van der Waals surface area contributed by atoms with E-state index in [1.165, 1.54) is 5.56 Å². The predicted octanol–water partition coefficient (Wildman–Crippen LogP) is 4.38. The van der Waals surface area contributed by atoms with Gasteiger partial charge in [0.15, 0.2) is 11.6 Å². The quantitative estimate of drug-likeness (QED) is 0.621. The average molecular weight is 290 g/mol. The van der Waals surface area contributed by atoms with Crippen LogP contribution in [0.25, 0.3) is 5.57 Å². The van der Waals surface area contributed by atoms with E-state index in [4.69, 9.17) is 0 Å². The first-order chi connectivity index (χ1) is 10.7. The maximum atomic E-state index is 12.8. The molecular weight excluding hydrogens is 272 g/mol. The molecule has 0 unspecified atom stereocenters. The monoisotopic (exact) mass is 290 g/mol. The fourth-order valence-corrected chi connectivity index (χ4v) is 2.88. The van der Waals surface area contributed by atoms with Crippen molar-refractivity contribution in [1.82, 2.24) is 0 Å². The molecule has 0 amide bonds.